The van der Waals surface area contributed by atoms with E-state index in [1.807, 2.05) is 6.07 Å². The first kappa shape index (κ1) is 11.9. The van der Waals surface area contributed by atoms with E-state index in [2.05, 4.69) is 9.88 Å². The third-order valence-electron chi connectivity index (χ3n) is 2.88. The summed E-state index contributed by atoms with van der Waals surface area (Å²) >= 11 is 0. The minimum Gasteiger partial charge on any atom is -0.383 e. The van der Waals surface area contributed by atoms with Crippen LogP contribution in [0, 0.1) is 5.41 Å². The summed E-state index contributed by atoms with van der Waals surface area (Å²) < 4.78 is 5.12. The summed E-state index contributed by atoms with van der Waals surface area (Å²) in [6.07, 6.45) is 4.25. The molecule has 1 aliphatic carbocycles. The van der Waals surface area contributed by atoms with E-state index in [1.165, 1.54) is 12.8 Å². The number of methoxy groups -OCH3 is 1. The van der Waals surface area contributed by atoms with E-state index < -0.39 is 0 Å². The average molecular weight is 234 g/mol. The number of hydrogen-bond donors (Lipinski definition) is 2. The van der Waals surface area contributed by atoms with Gasteiger partial charge in [0.2, 0.25) is 0 Å². The molecule has 1 aliphatic rings. The maximum absolute atomic E-state index is 7.30. The fourth-order valence-corrected chi connectivity index (χ4v) is 1.81. The van der Waals surface area contributed by atoms with Crippen molar-refractivity contribution in [1.29, 1.82) is 5.41 Å². The third-order valence-corrected chi connectivity index (χ3v) is 2.88. The molecule has 0 atom stereocenters. The van der Waals surface area contributed by atoms with Crippen LogP contribution in [0.3, 0.4) is 0 Å². The molecule has 0 aromatic carbocycles. The molecule has 5 heteroatoms. The summed E-state index contributed by atoms with van der Waals surface area (Å²) in [6.45, 7) is 1.59. The molecule has 2 rings (SSSR count). The minimum absolute atomic E-state index is 0.00594. The van der Waals surface area contributed by atoms with Crippen molar-refractivity contribution in [2.24, 2.45) is 5.73 Å². The lowest BCUT2D eigenvalue weighted by atomic mass is 10.3. The van der Waals surface area contributed by atoms with Crippen LogP contribution in [-0.4, -0.2) is 37.1 Å². The number of ether oxygens (including phenoxy) is 1. The molecule has 1 fully saturated rings. The molecule has 92 valence electrons. The van der Waals surface area contributed by atoms with Gasteiger partial charge < -0.3 is 15.4 Å². The normalized spacial score (nSPS) is 14.6. The van der Waals surface area contributed by atoms with Crippen LogP contribution in [0.15, 0.2) is 18.3 Å². The second-order valence-electron chi connectivity index (χ2n) is 4.23. The zero-order valence-electron chi connectivity index (χ0n) is 10.0. The van der Waals surface area contributed by atoms with Crippen LogP contribution in [0.1, 0.15) is 18.5 Å². The van der Waals surface area contributed by atoms with Crippen molar-refractivity contribution in [3.63, 3.8) is 0 Å². The number of pyridine rings is 1. The molecule has 1 saturated carbocycles. The average Bonchev–Trinajstić information content (AvgIpc) is 3.14. The van der Waals surface area contributed by atoms with Crippen LogP contribution in [0.4, 0.5) is 5.69 Å². The van der Waals surface area contributed by atoms with Gasteiger partial charge in [-0.05, 0) is 25.0 Å². The number of anilines is 1. The molecule has 0 unspecified atom stereocenters. The molecular formula is C12H18N4O. The summed E-state index contributed by atoms with van der Waals surface area (Å²) in [6, 6.07) is 4.38. The molecule has 0 spiro atoms. The molecule has 0 amide bonds. The summed E-state index contributed by atoms with van der Waals surface area (Å²) in [5, 5.41) is 7.30. The zero-order chi connectivity index (χ0) is 12.3. The summed E-state index contributed by atoms with van der Waals surface area (Å²) in [7, 11) is 1.71. The Morgan fingerprint density at radius 1 is 1.59 bits per heavy atom. The number of nitrogens with zero attached hydrogens (tertiary/aromatic N) is 2. The van der Waals surface area contributed by atoms with Crippen LogP contribution in [-0.2, 0) is 4.74 Å². The van der Waals surface area contributed by atoms with Crippen molar-refractivity contribution in [2.75, 3.05) is 25.2 Å². The number of nitrogens with one attached hydrogen (secondary N) is 1. The van der Waals surface area contributed by atoms with Crippen LogP contribution in [0.2, 0.25) is 0 Å². The van der Waals surface area contributed by atoms with Gasteiger partial charge in [-0.15, -0.1) is 0 Å². The van der Waals surface area contributed by atoms with E-state index in [0.717, 1.165) is 12.2 Å². The standard InChI is InChI=1S/C12H18N4O/c1-17-7-6-16(9-2-3-9)10-4-5-11(12(13)14)15-8-10/h4-5,8-9H,2-3,6-7H2,1H3,(H3,13,14). The maximum atomic E-state index is 7.30. The van der Waals surface area contributed by atoms with Gasteiger partial charge in [0.1, 0.15) is 11.5 Å². The molecule has 1 heterocycles. The Kier molecular flexibility index (Phi) is 3.58. The van der Waals surface area contributed by atoms with Gasteiger partial charge in [-0.1, -0.05) is 0 Å². The molecule has 0 radical (unpaired) electrons. The van der Waals surface area contributed by atoms with Crippen LogP contribution < -0.4 is 10.6 Å². The van der Waals surface area contributed by atoms with Crippen molar-refractivity contribution in [2.45, 2.75) is 18.9 Å². The molecule has 3 N–H and O–H groups in total. The highest BCUT2D eigenvalue weighted by Crippen LogP contribution is 2.30. The first-order valence-electron chi connectivity index (χ1n) is 5.78. The van der Waals surface area contributed by atoms with Gasteiger partial charge >= 0.3 is 0 Å². The molecule has 1 aromatic rings. The number of nitrogen functional groups attached to an aromatic ring is 1. The van der Waals surface area contributed by atoms with Gasteiger partial charge in [0.05, 0.1) is 18.5 Å². The predicted octanol–water partition coefficient (Wildman–Crippen LogP) is 0.981. The highest BCUT2D eigenvalue weighted by Gasteiger charge is 2.29. The van der Waals surface area contributed by atoms with Crippen molar-refractivity contribution < 1.29 is 4.74 Å². The van der Waals surface area contributed by atoms with Crippen molar-refractivity contribution in [3.05, 3.63) is 24.0 Å². The molecular weight excluding hydrogens is 216 g/mol. The molecule has 5 nitrogen and oxygen atoms in total. The smallest absolute Gasteiger partial charge is 0.141 e. The van der Waals surface area contributed by atoms with Crippen molar-refractivity contribution in [1.82, 2.24) is 4.98 Å². The van der Waals surface area contributed by atoms with Crippen LogP contribution >= 0.6 is 0 Å². The molecule has 0 saturated heterocycles. The van der Waals surface area contributed by atoms with E-state index >= 15 is 0 Å². The van der Waals surface area contributed by atoms with Gasteiger partial charge in [-0.25, -0.2) is 0 Å². The number of hydrogen-bond acceptors (Lipinski definition) is 4. The van der Waals surface area contributed by atoms with Crippen LogP contribution in [0.5, 0.6) is 0 Å². The lowest BCUT2D eigenvalue weighted by Crippen LogP contribution is -2.29. The lowest BCUT2D eigenvalue weighted by molar-refractivity contribution is 0.205. The summed E-state index contributed by atoms with van der Waals surface area (Å²) in [5.74, 6) is 0.00594. The van der Waals surface area contributed by atoms with Crippen molar-refractivity contribution in [3.8, 4) is 0 Å². The van der Waals surface area contributed by atoms with E-state index in [4.69, 9.17) is 15.9 Å². The molecule has 0 aliphatic heterocycles. The second kappa shape index (κ2) is 5.14. The zero-order valence-corrected chi connectivity index (χ0v) is 10.0. The monoisotopic (exact) mass is 234 g/mol. The maximum Gasteiger partial charge on any atom is 0.141 e. The Morgan fingerprint density at radius 3 is 2.82 bits per heavy atom. The Labute approximate surface area is 101 Å². The van der Waals surface area contributed by atoms with E-state index in [0.29, 0.717) is 18.3 Å². The largest absolute Gasteiger partial charge is 0.383 e. The highest BCUT2D eigenvalue weighted by atomic mass is 16.5. The van der Waals surface area contributed by atoms with Gasteiger partial charge in [0, 0.05) is 19.7 Å². The van der Waals surface area contributed by atoms with Crippen LogP contribution in [0.25, 0.3) is 0 Å². The quantitative estimate of drug-likeness (QED) is 0.568. The van der Waals surface area contributed by atoms with Gasteiger partial charge in [-0.3, -0.25) is 10.4 Å². The fraction of sp³-hybridized carbons (Fsp3) is 0.500. The van der Waals surface area contributed by atoms with Gasteiger partial charge in [0.25, 0.3) is 0 Å². The van der Waals surface area contributed by atoms with E-state index in [-0.39, 0.29) is 5.84 Å². The Balaban J connectivity index is 2.09. The first-order chi connectivity index (χ1) is 8.22. The van der Waals surface area contributed by atoms with Gasteiger partial charge in [0.15, 0.2) is 0 Å². The molecule has 0 bridgehead atoms. The highest BCUT2D eigenvalue weighted by molar-refractivity contribution is 5.93. The van der Waals surface area contributed by atoms with Crippen molar-refractivity contribution >= 4 is 11.5 Å². The van der Waals surface area contributed by atoms with Gasteiger partial charge in [-0.2, -0.15) is 0 Å². The Morgan fingerprint density at radius 2 is 2.35 bits per heavy atom. The van der Waals surface area contributed by atoms with E-state index in [1.54, 1.807) is 19.4 Å². The Bertz CT molecular complexity index is 386. The summed E-state index contributed by atoms with van der Waals surface area (Å²) in [4.78, 5) is 6.49. The fourth-order valence-electron chi connectivity index (χ4n) is 1.81. The molecule has 17 heavy (non-hydrogen) atoms. The SMILES string of the molecule is COCCN(c1ccc(C(=N)N)nc1)C1CC1. The topological polar surface area (TPSA) is 75.2 Å². The Hall–Kier alpha value is -1.62. The third kappa shape index (κ3) is 2.94. The van der Waals surface area contributed by atoms with E-state index in [9.17, 15) is 0 Å². The molecule has 1 aromatic heterocycles. The second-order valence-corrected chi connectivity index (χ2v) is 4.23. The predicted molar refractivity (Wildman–Crippen MR) is 67.5 cm³/mol. The lowest BCUT2D eigenvalue weighted by Gasteiger charge is -2.24. The summed E-state index contributed by atoms with van der Waals surface area (Å²) in [5.41, 5.74) is 6.98. The number of aromatic nitrogens is 1. The number of amidine groups is 1. The minimum atomic E-state index is 0.00594. The first-order valence-corrected chi connectivity index (χ1v) is 5.78. The number of rotatable bonds is 6. The number of nitrogens with two attached hydrogens (primary N) is 1.